The van der Waals surface area contributed by atoms with Gasteiger partial charge in [-0.2, -0.15) is 0 Å². The summed E-state index contributed by atoms with van der Waals surface area (Å²) in [5, 5.41) is 0. The van der Waals surface area contributed by atoms with Crippen LogP contribution in [0.1, 0.15) is 221 Å². The summed E-state index contributed by atoms with van der Waals surface area (Å²) in [6.45, 7) is 14.1. The number of nitrogens with zero attached hydrogens (tertiary/aromatic N) is 1. The van der Waals surface area contributed by atoms with E-state index in [9.17, 15) is 9.59 Å². The maximum Gasteiger partial charge on any atom is 0.306 e. The summed E-state index contributed by atoms with van der Waals surface area (Å²) < 4.78 is 11.7. The van der Waals surface area contributed by atoms with Crippen molar-refractivity contribution in [1.82, 2.24) is 4.90 Å². The standard InChI is InChI=1S/C41H81NO4/c1-6-10-13-16-20-25-31-38(5)45-40(43)35-30-37-42(9-4)36-29-24-19-23-28-34-41(44)46-39(32-26-21-17-14-11-7-2)33-27-22-18-15-12-8-3/h38-39H,6-37H2,1-5H3. The number of rotatable bonds is 36. The predicted octanol–water partition coefficient (Wildman–Crippen LogP) is 12.5. The second-order valence-electron chi connectivity index (χ2n) is 14.1. The Morgan fingerprint density at radius 2 is 0.848 bits per heavy atom. The van der Waals surface area contributed by atoms with Gasteiger partial charge in [-0.25, -0.2) is 0 Å². The molecule has 0 aliphatic carbocycles. The quantitative estimate of drug-likeness (QED) is 0.0498. The van der Waals surface area contributed by atoms with Crippen LogP contribution in [0.15, 0.2) is 0 Å². The molecule has 0 saturated carbocycles. The summed E-state index contributed by atoms with van der Waals surface area (Å²) in [7, 11) is 0. The first-order valence-electron chi connectivity index (χ1n) is 20.6. The second kappa shape index (κ2) is 35.2. The van der Waals surface area contributed by atoms with Crippen LogP contribution in [-0.4, -0.2) is 48.7 Å². The number of carbonyl (C=O) groups is 2. The summed E-state index contributed by atoms with van der Waals surface area (Å²) >= 11 is 0. The van der Waals surface area contributed by atoms with Crippen molar-refractivity contribution >= 4 is 11.9 Å². The Hall–Kier alpha value is -1.10. The van der Waals surface area contributed by atoms with Crippen molar-refractivity contribution in [2.24, 2.45) is 0 Å². The first-order valence-corrected chi connectivity index (χ1v) is 20.6. The molecule has 5 heteroatoms. The molecule has 0 saturated heterocycles. The van der Waals surface area contributed by atoms with E-state index in [0.29, 0.717) is 12.8 Å². The Balaban J connectivity index is 4.02. The average molecular weight is 652 g/mol. The Morgan fingerprint density at radius 3 is 1.37 bits per heavy atom. The maximum atomic E-state index is 12.7. The van der Waals surface area contributed by atoms with Crippen LogP contribution >= 0.6 is 0 Å². The van der Waals surface area contributed by atoms with Gasteiger partial charge in [-0.1, -0.05) is 143 Å². The van der Waals surface area contributed by atoms with Crippen molar-refractivity contribution in [3.05, 3.63) is 0 Å². The van der Waals surface area contributed by atoms with Crippen molar-refractivity contribution in [3.63, 3.8) is 0 Å². The predicted molar refractivity (Wildman–Crippen MR) is 198 cm³/mol. The summed E-state index contributed by atoms with van der Waals surface area (Å²) in [5.74, 6) is -0.0151. The van der Waals surface area contributed by atoms with Crippen LogP contribution in [0.25, 0.3) is 0 Å². The molecule has 0 amide bonds. The third kappa shape index (κ3) is 31.5. The lowest BCUT2D eigenvalue weighted by atomic mass is 10.0. The topological polar surface area (TPSA) is 55.8 Å². The van der Waals surface area contributed by atoms with Gasteiger partial charge in [0.25, 0.3) is 0 Å². The molecular weight excluding hydrogens is 570 g/mol. The maximum absolute atomic E-state index is 12.7. The average Bonchev–Trinajstić information content (AvgIpc) is 3.04. The summed E-state index contributed by atoms with van der Waals surface area (Å²) in [5.41, 5.74) is 0. The Bertz CT molecular complexity index is 638. The van der Waals surface area contributed by atoms with Crippen LogP contribution in [0.3, 0.4) is 0 Å². The van der Waals surface area contributed by atoms with E-state index in [1.54, 1.807) is 0 Å². The van der Waals surface area contributed by atoms with Crippen molar-refractivity contribution in [2.75, 3.05) is 19.6 Å². The number of carbonyl (C=O) groups excluding carboxylic acids is 2. The first kappa shape index (κ1) is 44.9. The highest BCUT2D eigenvalue weighted by molar-refractivity contribution is 5.69. The fraction of sp³-hybridized carbons (Fsp3) is 0.951. The molecule has 0 bridgehead atoms. The molecule has 0 aliphatic heterocycles. The van der Waals surface area contributed by atoms with Crippen molar-refractivity contribution in [1.29, 1.82) is 0 Å². The lowest BCUT2D eigenvalue weighted by Gasteiger charge is -2.20. The second-order valence-corrected chi connectivity index (χ2v) is 14.1. The number of ether oxygens (including phenoxy) is 2. The smallest absolute Gasteiger partial charge is 0.306 e. The third-order valence-corrected chi connectivity index (χ3v) is 9.51. The van der Waals surface area contributed by atoms with Crippen molar-refractivity contribution < 1.29 is 19.1 Å². The first-order chi connectivity index (χ1) is 22.5. The lowest BCUT2D eigenvalue weighted by molar-refractivity contribution is -0.150. The van der Waals surface area contributed by atoms with E-state index in [2.05, 4.69) is 32.6 Å². The molecule has 0 aliphatic rings. The monoisotopic (exact) mass is 652 g/mol. The van der Waals surface area contributed by atoms with Gasteiger partial charge in [0.15, 0.2) is 0 Å². The highest BCUT2D eigenvalue weighted by Gasteiger charge is 2.15. The Labute approximate surface area is 288 Å². The Kier molecular flexibility index (Phi) is 34.4. The normalized spacial score (nSPS) is 12.2. The minimum Gasteiger partial charge on any atom is -0.463 e. The van der Waals surface area contributed by atoms with Gasteiger partial charge in [0.1, 0.15) is 6.10 Å². The van der Waals surface area contributed by atoms with Gasteiger partial charge >= 0.3 is 11.9 Å². The molecule has 0 aromatic heterocycles. The molecule has 0 aromatic carbocycles. The van der Waals surface area contributed by atoms with Gasteiger partial charge in [-0.05, 0) is 84.3 Å². The summed E-state index contributed by atoms with van der Waals surface area (Å²) in [4.78, 5) is 27.4. The largest absolute Gasteiger partial charge is 0.463 e. The molecule has 0 rings (SSSR count). The molecule has 5 nitrogen and oxygen atoms in total. The highest BCUT2D eigenvalue weighted by atomic mass is 16.5. The van der Waals surface area contributed by atoms with E-state index in [1.165, 1.54) is 128 Å². The molecule has 0 spiro atoms. The van der Waals surface area contributed by atoms with Gasteiger partial charge in [-0.3, -0.25) is 9.59 Å². The third-order valence-electron chi connectivity index (χ3n) is 9.51. The van der Waals surface area contributed by atoms with E-state index in [4.69, 9.17) is 9.47 Å². The SMILES string of the molecule is CCCCCCCCC(C)OC(=O)CCCN(CC)CCCCCCCC(=O)OC(CCCCCCCC)CCCCCCCC. The molecule has 0 fully saturated rings. The van der Waals surface area contributed by atoms with Gasteiger partial charge in [0.2, 0.25) is 0 Å². The van der Waals surface area contributed by atoms with E-state index >= 15 is 0 Å². The van der Waals surface area contributed by atoms with Gasteiger partial charge in [-0.15, -0.1) is 0 Å². The summed E-state index contributed by atoms with van der Waals surface area (Å²) in [6, 6.07) is 0. The Morgan fingerprint density at radius 1 is 0.457 bits per heavy atom. The molecule has 0 aromatic rings. The van der Waals surface area contributed by atoms with Crippen LogP contribution in [0.5, 0.6) is 0 Å². The zero-order valence-electron chi connectivity index (χ0n) is 31.9. The number of hydrogen-bond acceptors (Lipinski definition) is 5. The lowest BCUT2D eigenvalue weighted by Crippen LogP contribution is -2.26. The van der Waals surface area contributed by atoms with Crippen LogP contribution < -0.4 is 0 Å². The molecule has 274 valence electrons. The van der Waals surface area contributed by atoms with E-state index < -0.39 is 0 Å². The van der Waals surface area contributed by atoms with E-state index in [0.717, 1.165) is 64.6 Å². The molecule has 0 N–H and O–H groups in total. The van der Waals surface area contributed by atoms with Gasteiger partial charge < -0.3 is 14.4 Å². The number of esters is 2. The molecule has 1 unspecified atom stereocenters. The highest BCUT2D eigenvalue weighted by Crippen LogP contribution is 2.18. The zero-order chi connectivity index (χ0) is 33.9. The zero-order valence-corrected chi connectivity index (χ0v) is 31.9. The number of unbranched alkanes of at least 4 members (excludes halogenated alkanes) is 19. The van der Waals surface area contributed by atoms with Crippen molar-refractivity contribution in [2.45, 2.75) is 233 Å². The fourth-order valence-electron chi connectivity index (χ4n) is 6.38. The van der Waals surface area contributed by atoms with Crippen LogP contribution in [0.4, 0.5) is 0 Å². The van der Waals surface area contributed by atoms with Gasteiger partial charge in [0.05, 0.1) is 6.10 Å². The molecular formula is C41H81NO4. The molecule has 0 heterocycles. The molecule has 1 atom stereocenters. The summed E-state index contributed by atoms with van der Waals surface area (Å²) in [6.07, 6.45) is 33.9. The van der Waals surface area contributed by atoms with Crippen LogP contribution in [-0.2, 0) is 19.1 Å². The minimum atomic E-state index is -0.0378. The van der Waals surface area contributed by atoms with E-state index in [1.807, 2.05) is 6.92 Å². The molecule has 0 radical (unpaired) electrons. The fourth-order valence-corrected chi connectivity index (χ4v) is 6.38. The van der Waals surface area contributed by atoms with E-state index in [-0.39, 0.29) is 24.1 Å². The van der Waals surface area contributed by atoms with Gasteiger partial charge in [0, 0.05) is 12.8 Å². The van der Waals surface area contributed by atoms with Crippen LogP contribution in [0, 0.1) is 0 Å². The minimum absolute atomic E-state index is 0.0226. The number of hydrogen-bond donors (Lipinski definition) is 0. The molecule has 46 heavy (non-hydrogen) atoms. The van der Waals surface area contributed by atoms with Crippen LogP contribution in [0.2, 0.25) is 0 Å². The van der Waals surface area contributed by atoms with Crippen molar-refractivity contribution in [3.8, 4) is 0 Å².